The quantitative estimate of drug-likeness (QED) is 0.725. The van der Waals surface area contributed by atoms with Crippen molar-refractivity contribution in [1.82, 2.24) is 4.98 Å². The molecule has 0 radical (unpaired) electrons. The molecule has 0 aromatic carbocycles. The Morgan fingerprint density at radius 3 is 2.67 bits per heavy atom. The Morgan fingerprint density at radius 1 is 1.33 bits per heavy atom. The van der Waals surface area contributed by atoms with Gasteiger partial charge in [0.2, 0.25) is 0 Å². The average Bonchev–Trinajstić information content (AvgIpc) is 2.97. The van der Waals surface area contributed by atoms with Crippen molar-refractivity contribution in [3.8, 4) is 0 Å². The summed E-state index contributed by atoms with van der Waals surface area (Å²) in [4.78, 5) is 4.45. The van der Waals surface area contributed by atoms with Crippen LogP contribution in [0.3, 0.4) is 0 Å². The lowest BCUT2D eigenvalue weighted by Gasteiger charge is -2.17. The van der Waals surface area contributed by atoms with Crippen LogP contribution in [0.1, 0.15) is 57.2 Å². The molecule has 15 heavy (non-hydrogen) atoms. The molecular weight excluding hydrogens is 182 g/mol. The first-order valence-corrected chi connectivity index (χ1v) is 5.99. The number of pyridine rings is 1. The van der Waals surface area contributed by atoms with Gasteiger partial charge in [-0.1, -0.05) is 20.8 Å². The van der Waals surface area contributed by atoms with Gasteiger partial charge < -0.3 is 0 Å². The van der Waals surface area contributed by atoms with E-state index < -0.39 is 0 Å². The fourth-order valence-corrected chi connectivity index (χ4v) is 1.81. The predicted molar refractivity (Wildman–Crippen MR) is 64.0 cm³/mol. The van der Waals surface area contributed by atoms with Crippen LogP contribution in [0.4, 0.5) is 0 Å². The Hall–Kier alpha value is -0.850. The largest absolute Gasteiger partial charge is 0.261 e. The maximum absolute atomic E-state index is 4.45. The third-order valence-electron chi connectivity index (χ3n) is 3.02. The average molecular weight is 203 g/mol. The van der Waals surface area contributed by atoms with E-state index in [0.29, 0.717) is 5.41 Å². The van der Waals surface area contributed by atoms with Gasteiger partial charge in [0, 0.05) is 11.9 Å². The summed E-state index contributed by atoms with van der Waals surface area (Å²) < 4.78 is 0. The molecule has 2 rings (SSSR count). The van der Waals surface area contributed by atoms with Gasteiger partial charge in [-0.2, -0.15) is 0 Å². The molecule has 1 heterocycles. The van der Waals surface area contributed by atoms with Crippen LogP contribution in [0.5, 0.6) is 0 Å². The number of aromatic nitrogens is 1. The highest BCUT2D eigenvalue weighted by Gasteiger charge is 2.23. The minimum Gasteiger partial charge on any atom is -0.261 e. The van der Waals surface area contributed by atoms with E-state index in [1.807, 2.05) is 6.20 Å². The molecular formula is C14H21N. The van der Waals surface area contributed by atoms with Crippen molar-refractivity contribution < 1.29 is 0 Å². The number of nitrogens with zero attached hydrogens (tertiary/aromatic N) is 1. The van der Waals surface area contributed by atoms with E-state index >= 15 is 0 Å². The standard InChI is InChI=1S/C14H21N/c1-14(2,3)8-6-13-10-12(7-9-15-13)11-4-5-11/h7,9-11H,4-6,8H2,1-3H3. The summed E-state index contributed by atoms with van der Waals surface area (Å²) in [5, 5.41) is 0. The van der Waals surface area contributed by atoms with Crippen LogP contribution in [-0.4, -0.2) is 4.98 Å². The van der Waals surface area contributed by atoms with Gasteiger partial charge in [-0.25, -0.2) is 0 Å². The summed E-state index contributed by atoms with van der Waals surface area (Å²) in [6, 6.07) is 4.49. The summed E-state index contributed by atoms with van der Waals surface area (Å²) in [5.74, 6) is 0.849. The molecule has 0 atom stereocenters. The molecule has 0 aliphatic heterocycles. The SMILES string of the molecule is CC(C)(C)CCc1cc(C2CC2)ccn1. The molecule has 1 aliphatic rings. The minimum atomic E-state index is 0.414. The first-order valence-electron chi connectivity index (χ1n) is 5.99. The zero-order valence-corrected chi connectivity index (χ0v) is 10.1. The van der Waals surface area contributed by atoms with E-state index in [4.69, 9.17) is 0 Å². The molecule has 1 fully saturated rings. The number of hydrogen-bond donors (Lipinski definition) is 0. The van der Waals surface area contributed by atoms with Crippen LogP contribution >= 0.6 is 0 Å². The van der Waals surface area contributed by atoms with E-state index in [1.54, 1.807) is 0 Å². The summed E-state index contributed by atoms with van der Waals surface area (Å²) in [5.41, 5.74) is 3.19. The maximum atomic E-state index is 4.45. The number of rotatable bonds is 3. The van der Waals surface area contributed by atoms with Crippen molar-refractivity contribution in [2.24, 2.45) is 5.41 Å². The van der Waals surface area contributed by atoms with Crippen molar-refractivity contribution in [1.29, 1.82) is 0 Å². The highest BCUT2D eigenvalue weighted by atomic mass is 14.7. The van der Waals surface area contributed by atoms with E-state index in [0.717, 1.165) is 12.3 Å². The molecule has 0 bridgehead atoms. The molecule has 0 saturated heterocycles. The van der Waals surface area contributed by atoms with Crippen molar-refractivity contribution in [2.75, 3.05) is 0 Å². The Kier molecular flexibility index (Phi) is 2.81. The van der Waals surface area contributed by atoms with Crippen LogP contribution in [0, 0.1) is 5.41 Å². The smallest absolute Gasteiger partial charge is 0.0406 e. The van der Waals surface area contributed by atoms with Crippen molar-refractivity contribution in [3.63, 3.8) is 0 Å². The predicted octanol–water partition coefficient (Wildman–Crippen LogP) is 3.94. The van der Waals surface area contributed by atoms with Gasteiger partial charge >= 0.3 is 0 Å². The molecule has 1 aromatic heterocycles. The molecule has 1 nitrogen and oxygen atoms in total. The minimum absolute atomic E-state index is 0.414. The molecule has 1 aromatic rings. The van der Waals surface area contributed by atoms with Gasteiger partial charge in [-0.3, -0.25) is 4.98 Å². The third kappa shape index (κ3) is 3.33. The second-order valence-corrected chi connectivity index (χ2v) is 5.92. The first-order chi connectivity index (χ1) is 7.04. The van der Waals surface area contributed by atoms with Crippen LogP contribution in [-0.2, 0) is 6.42 Å². The zero-order valence-electron chi connectivity index (χ0n) is 10.1. The summed E-state index contributed by atoms with van der Waals surface area (Å²) in [7, 11) is 0. The summed E-state index contributed by atoms with van der Waals surface area (Å²) in [6.45, 7) is 6.87. The Bertz CT molecular complexity index is 331. The van der Waals surface area contributed by atoms with Crippen molar-refractivity contribution in [2.45, 2.75) is 52.4 Å². The molecule has 0 amide bonds. The highest BCUT2D eigenvalue weighted by molar-refractivity contribution is 5.24. The van der Waals surface area contributed by atoms with Gasteiger partial charge in [0.05, 0.1) is 0 Å². The molecule has 82 valence electrons. The highest BCUT2D eigenvalue weighted by Crippen LogP contribution is 2.40. The fourth-order valence-electron chi connectivity index (χ4n) is 1.81. The topological polar surface area (TPSA) is 12.9 Å². The van der Waals surface area contributed by atoms with Gasteiger partial charge in [-0.05, 0) is 54.7 Å². The zero-order chi connectivity index (χ0) is 10.9. The Morgan fingerprint density at radius 2 is 2.07 bits per heavy atom. The fraction of sp³-hybridized carbons (Fsp3) is 0.643. The lowest BCUT2D eigenvalue weighted by Crippen LogP contribution is -2.07. The summed E-state index contributed by atoms with van der Waals surface area (Å²) in [6.07, 6.45) is 7.06. The number of hydrogen-bond acceptors (Lipinski definition) is 1. The Balaban J connectivity index is 1.99. The van der Waals surface area contributed by atoms with Crippen LogP contribution in [0.15, 0.2) is 18.3 Å². The maximum Gasteiger partial charge on any atom is 0.0406 e. The van der Waals surface area contributed by atoms with Crippen LogP contribution < -0.4 is 0 Å². The van der Waals surface area contributed by atoms with E-state index in [2.05, 4.69) is 37.9 Å². The van der Waals surface area contributed by atoms with Gasteiger partial charge in [0.15, 0.2) is 0 Å². The second kappa shape index (κ2) is 3.96. The van der Waals surface area contributed by atoms with E-state index in [-0.39, 0.29) is 0 Å². The molecule has 1 saturated carbocycles. The van der Waals surface area contributed by atoms with E-state index in [1.165, 1.54) is 30.5 Å². The first kappa shape index (κ1) is 10.7. The lowest BCUT2D eigenvalue weighted by atomic mass is 9.89. The normalized spacial score (nSPS) is 16.7. The van der Waals surface area contributed by atoms with Gasteiger partial charge in [-0.15, -0.1) is 0 Å². The lowest BCUT2D eigenvalue weighted by molar-refractivity contribution is 0.376. The molecule has 0 spiro atoms. The molecule has 1 aliphatic carbocycles. The molecule has 0 unspecified atom stereocenters. The van der Waals surface area contributed by atoms with Crippen molar-refractivity contribution >= 4 is 0 Å². The number of aryl methyl sites for hydroxylation is 1. The van der Waals surface area contributed by atoms with Crippen LogP contribution in [0.25, 0.3) is 0 Å². The van der Waals surface area contributed by atoms with E-state index in [9.17, 15) is 0 Å². The van der Waals surface area contributed by atoms with Crippen molar-refractivity contribution in [3.05, 3.63) is 29.6 Å². The van der Waals surface area contributed by atoms with Crippen LogP contribution in [0.2, 0.25) is 0 Å². The molecule has 0 N–H and O–H groups in total. The van der Waals surface area contributed by atoms with Gasteiger partial charge in [0.1, 0.15) is 0 Å². The second-order valence-electron chi connectivity index (χ2n) is 5.92. The monoisotopic (exact) mass is 203 g/mol. The Labute approximate surface area is 92.9 Å². The third-order valence-corrected chi connectivity index (χ3v) is 3.02. The summed E-state index contributed by atoms with van der Waals surface area (Å²) >= 11 is 0. The molecule has 1 heteroatoms. The van der Waals surface area contributed by atoms with Gasteiger partial charge in [0.25, 0.3) is 0 Å².